The molecule has 0 aliphatic rings. The fourth-order valence-electron chi connectivity index (χ4n) is 2.25. The lowest BCUT2D eigenvalue weighted by Gasteiger charge is -2.08. The van der Waals surface area contributed by atoms with Crippen molar-refractivity contribution in [1.29, 1.82) is 0 Å². The van der Waals surface area contributed by atoms with Crippen molar-refractivity contribution in [2.75, 3.05) is 18.5 Å². The van der Waals surface area contributed by atoms with Gasteiger partial charge in [0.1, 0.15) is 5.75 Å². The Hall–Kier alpha value is -2.23. The van der Waals surface area contributed by atoms with Crippen LogP contribution in [0.4, 0.5) is 5.69 Å². The molecular weight excluding hydrogens is 264 g/mol. The predicted octanol–water partition coefficient (Wildman–Crippen LogP) is 3.34. The number of benzene rings is 1. The van der Waals surface area contributed by atoms with Crippen LogP contribution < -0.4 is 10.1 Å². The number of anilines is 1. The Bertz CT molecular complexity index is 627. The van der Waals surface area contributed by atoms with Crippen LogP contribution in [0.25, 0.3) is 0 Å². The zero-order chi connectivity index (χ0) is 15.4. The van der Waals surface area contributed by atoms with E-state index >= 15 is 0 Å². The zero-order valence-corrected chi connectivity index (χ0v) is 13.1. The number of Topliss-reactive ketones (excluding diaryl/α,β-unsaturated/α-hetero) is 1. The maximum absolute atomic E-state index is 12.3. The molecule has 0 saturated heterocycles. The molecule has 21 heavy (non-hydrogen) atoms. The van der Waals surface area contributed by atoms with E-state index in [1.807, 2.05) is 62.7 Å². The highest BCUT2D eigenvalue weighted by molar-refractivity contribution is 6.00. The molecule has 1 heterocycles. The molecule has 112 valence electrons. The predicted molar refractivity (Wildman–Crippen MR) is 85.3 cm³/mol. The molecule has 0 bridgehead atoms. The molecule has 0 unspecified atom stereocenters. The van der Waals surface area contributed by atoms with Gasteiger partial charge in [0.05, 0.1) is 13.2 Å². The fourth-order valence-corrected chi connectivity index (χ4v) is 2.25. The fraction of sp³-hybridized carbons (Fsp3) is 0.353. The molecule has 4 nitrogen and oxygen atoms in total. The van der Waals surface area contributed by atoms with E-state index in [-0.39, 0.29) is 12.3 Å². The number of nitrogens with zero attached hydrogens (tertiary/aromatic N) is 1. The summed E-state index contributed by atoms with van der Waals surface area (Å²) < 4.78 is 7.42. The van der Waals surface area contributed by atoms with E-state index in [0.717, 1.165) is 28.4 Å². The molecular formula is C17H22N2O2. The smallest absolute Gasteiger partial charge is 0.183 e. The van der Waals surface area contributed by atoms with Gasteiger partial charge in [-0.3, -0.25) is 4.79 Å². The number of aromatic nitrogens is 1. The summed E-state index contributed by atoms with van der Waals surface area (Å²) in [7, 11) is 1.97. The lowest BCUT2D eigenvalue weighted by atomic mass is 10.1. The number of carbonyl (C=O) groups excluding carboxylic acids is 1. The molecule has 0 radical (unpaired) electrons. The van der Waals surface area contributed by atoms with Gasteiger partial charge in [-0.15, -0.1) is 0 Å². The Morgan fingerprint density at radius 3 is 2.43 bits per heavy atom. The average Bonchev–Trinajstić information content (AvgIpc) is 2.74. The third-order valence-corrected chi connectivity index (χ3v) is 3.69. The summed E-state index contributed by atoms with van der Waals surface area (Å²) in [5, 5.41) is 3.15. The average molecular weight is 286 g/mol. The molecule has 0 aliphatic carbocycles. The Morgan fingerprint density at radius 2 is 1.90 bits per heavy atom. The summed E-state index contributed by atoms with van der Waals surface area (Å²) in [5.41, 5.74) is 3.80. The van der Waals surface area contributed by atoms with Crippen LogP contribution in [0.5, 0.6) is 5.75 Å². The highest BCUT2D eigenvalue weighted by Gasteiger charge is 2.13. The maximum atomic E-state index is 12.3. The molecule has 0 atom stereocenters. The lowest BCUT2D eigenvalue weighted by molar-refractivity contribution is 0.101. The van der Waals surface area contributed by atoms with E-state index in [2.05, 4.69) is 5.32 Å². The van der Waals surface area contributed by atoms with Crippen molar-refractivity contribution < 1.29 is 9.53 Å². The molecule has 0 fully saturated rings. The van der Waals surface area contributed by atoms with Crippen LogP contribution in [0.2, 0.25) is 0 Å². The van der Waals surface area contributed by atoms with Crippen LogP contribution in [0, 0.1) is 13.8 Å². The summed E-state index contributed by atoms with van der Waals surface area (Å²) in [6.07, 6.45) is 0. The van der Waals surface area contributed by atoms with E-state index in [9.17, 15) is 4.79 Å². The summed E-state index contributed by atoms with van der Waals surface area (Å²) in [4.78, 5) is 12.3. The minimum Gasteiger partial charge on any atom is -0.494 e. The first-order chi connectivity index (χ1) is 10.0. The summed E-state index contributed by atoms with van der Waals surface area (Å²) in [5.74, 6) is 0.939. The molecule has 0 amide bonds. The standard InChI is InChI=1S/C17H22N2O2/c1-5-21-15-8-6-14(7-9-15)18-11-17(20)16-10-12(2)19(4)13(16)3/h6-10,18H,5,11H2,1-4H3. The number of carbonyl (C=O) groups is 1. The summed E-state index contributed by atoms with van der Waals surface area (Å²) in [6, 6.07) is 9.57. The van der Waals surface area contributed by atoms with Crippen molar-refractivity contribution in [3.63, 3.8) is 0 Å². The monoisotopic (exact) mass is 286 g/mol. The topological polar surface area (TPSA) is 43.3 Å². The summed E-state index contributed by atoms with van der Waals surface area (Å²) in [6.45, 7) is 6.87. The number of nitrogens with one attached hydrogen (secondary N) is 1. The molecule has 0 saturated carbocycles. The van der Waals surface area contributed by atoms with Crippen LogP contribution in [-0.4, -0.2) is 23.5 Å². The molecule has 0 spiro atoms. The Morgan fingerprint density at radius 1 is 1.24 bits per heavy atom. The van der Waals surface area contributed by atoms with Gasteiger partial charge in [0.25, 0.3) is 0 Å². The second-order valence-electron chi connectivity index (χ2n) is 5.08. The van der Waals surface area contributed by atoms with Gasteiger partial charge >= 0.3 is 0 Å². The number of aryl methyl sites for hydroxylation is 1. The van der Waals surface area contributed by atoms with Crippen molar-refractivity contribution in [3.8, 4) is 5.75 Å². The van der Waals surface area contributed by atoms with Crippen LogP contribution in [0.15, 0.2) is 30.3 Å². The van der Waals surface area contributed by atoms with Crippen LogP contribution in [0.1, 0.15) is 28.7 Å². The SMILES string of the molecule is CCOc1ccc(NCC(=O)c2cc(C)n(C)c2C)cc1. The van der Waals surface area contributed by atoms with Gasteiger partial charge in [-0.2, -0.15) is 0 Å². The molecule has 2 aromatic rings. The first-order valence-electron chi connectivity index (χ1n) is 7.15. The highest BCUT2D eigenvalue weighted by Crippen LogP contribution is 2.17. The van der Waals surface area contributed by atoms with Crippen LogP contribution in [-0.2, 0) is 7.05 Å². The molecule has 1 aromatic heterocycles. The first kappa shape index (κ1) is 15.2. The van der Waals surface area contributed by atoms with E-state index in [1.165, 1.54) is 0 Å². The normalized spacial score (nSPS) is 10.5. The minimum atomic E-state index is 0.102. The van der Waals surface area contributed by atoms with Gasteiger partial charge in [0.2, 0.25) is 0 Å². The molecule has 0 aliphatic heterocycles. The number of ether oxygens (including phenoxy) is 1. The number of hydrogen-bond acceptors (Lipinski definition) is 3. The third-order valence-electron chi connectivity index (χ3n) is 3.69. The molecule has 1 N–H and O–H groups in total. The Kier molecular flexibility index (Phi) is 4.68. The van der Waals surface area contributed by atoms with Gasteiger partial charge in [-0.25, -0.2) is 0 Å². The van der Waals surface area contributed by atoms with Crippen molar-refractivity contribution in [3.05, 3.63) is 47.3 Å². The van der Waals surface area contributed by atoms with Gasteiger partial charge in [0, 0.05) is 29.7 Å². The largest absolute Gasteiger partial charge is 0.494 e. The molecule has 2 rings (SSSR count). The van der Waals surface area contributed by atoms with E-state index in [4.69, 9.17) is 4.74 Å². The quantitative estimate of drug-likeness (QED) is 0.828. The van der Waals surface area contributed by atoms with E-state index < -0.39 is 0 Å². The van der Waals surface area contributed by atoms with Crippen molar-refractivity contribution in [2.45, 2.75) is 20.8 Å². The Balaban J connectivity index is 1.99. The van der Waals surface area contributed by atoms with Crippen molar-refractivity contribution >= 4 is 11.5 Å². The minimum absolute atomic E-state index is 0.102. The lowest BCUT2D eigenvalue weighted by Crippen LogP contribution is -2.14. The van der Waals surface area contributed by atoms with Crippen LogP contribution >= 0.6 is 0 Å². The Labute approximate surface area is 125 Å². The maximum Gasteiger partial charge on any atom is 0.183 e. The number of ketones is 1. The van der Waals surface area contributed by atoms with E-state index in [1.54, 1.807) is 0 Å². The molecule has 1 aromatic carbocycles. The van der Waals surface area contributed by atoms with Crippen LogP contribution in [0.3, 0.4) is 0 Å². The second kappa shape index (κ2) is 6.48. The third kappa shape index (κ3) is 3.45. The second-order valence-corrected chi connectivity index (χ2v) is 5.08. The number of hydrogen-bond donors (Lipinski definition) is 1. The summed E-state index contributed by atoms with van der Waals surface area (Å²) >= 11 is 0. The highest BCUT2D eigenvalue weighted by atomic mass is 16.5. The van der Waals surface area contributed by atoms with Gasteiger partial charge in [-0.05, 0) is 51.1 Å². The van der Waals surface area contributed by atoms with Gasteiger partial charge in [-0.1, -0.05) is 0 Å². The van der Waals surface area contributed by atoms with Crippen molar-refractivity contribution in [1.82, 2.24) is 4.57 Å². The van der Waals surface area contributed by atoms with Gasteiger partial charge in [0.15, 0.2) is 5.78 Å². The number of rotatable bonds is 6. The van der Waals surface area contributed by atoms with Crippen molar-refractivity contribution in [2.24, 2.45) is 7.05 Å². The first-order valence-corrected chi connectivity index (χ1v) is 7.15. The zero-order valence-electron chi connectivity index (χ0n) is 13.1. The van der Waals surface area contributed by atoms with Gasteiger partial charge < -0.3 is 14.6 Å². The van der Waals surface area contributed by atoms with E-state index in [0.29, 0.717) is 6.61 Å². The molecule has 4 heteroatoms.